The number of anilines is 3. The van der Waals surface area contributed by atoms with Crippen LogP contribution in [0, 0.1) is 0 Å². The van der Waals surface area contributed by atoms with Crippen LogP contribution in [-0.4, -0.2) is 0 Å². The number of rotatable bonds is 5. The molecule has 0 saturated carbocycles. The van der Waals surface area contributed by atoms with Gasteiger partial charge in [0.05, 0.1) is 11.4 Å². The third kappa shape index (κ3) is 4.36. The molecule has 0 atom stereocenters. The number of thiophene rings is 1. The van der Waals surface area contributed by atoms with Gasteiger partial charge in [0, 0.05) is 42.4 Å². The summed E-state index contributed by atoms with van der Waals surface area (Å²) in [4.78, 5) is 2.45. The molecule has 1 heterocycles. The predicted molar refractivity (Wildman–Crippen MR) is 202 cm³/mol. The fourth-order valence-electron chi connectivity index (χ4n) is 7.67. The fraction of sp³-hybridized carbons (Fsp3) is 0.0667. The largest absolute Gasteiger partial charge is 0.309 e. The van der Waals surface area contributed by atoms with E-state index in [2.05, 4.69) is 183 Å². The van der Waals surface area contributed by atoms with Gasteiger partial charge in [0.1, 0.15) is 0 Å². The zero-order valence-electron chi connectivity index (χ0n) is 26.4. The molecule has 1 aliphatic carbocycles. The average Bonchev–Trinajstić information content (AvgIpc) is 3.61. The van der Waals surface area contributed by atoms with E-state index in [1.165, 1.54) is 64.7 Å². The molecule has 0 spiro atoms. The molecule has 2 heteroatoms. The molecular formula is C45H33NS. The van der Waals surface area contributed by atoms with Crippen LogP contribution >= 0.6 is 11.3 Å². The lowest BCUT2D eigenvalue weighted by Gasteiger charge is -2.30. The smallest absolute Gasteiger partial charge is 0.0540 e. The maximum Gasteiger partial charge on any atom is 0.0540 e. The number of para-hydroxylation sites is 3. The maximum absolute atomic E-state index is 2.45. The summed E-state index contributed by atoms with van der Waals surface area (Å²) in [7, 11) is 0. The standard InChI is InChI=1S/C45H33NS/c1-45(2)38-22-10-6-20-37(38)44-36(21-14-23-39(44)45)33-18-8-12-25-41(33)46(31-15-4-3-5-16-31)40-24-11-7-17-32(40)30-27-28-35-34-19-9-13-26-42(34)47-43(35)29-30/h3-29H,1-2H3. The zero-order chi connectivity index (χ0) is 31.5. The van der Waals surface area contributed by atoms with Crippen LogP contribution in [0.25, 0.3) is 53.6 Å². The van der Waals surface area contributed by atoms with Crippen LogP contribution in [-0.2, 0) is 5.41 Å². The van der Waals surface area contributed by atoms with Gasteiger partial charge in [0.15, 0.2) is 0 Å². The highest BCUT2D eigenvalue weighted by atomic mass is 32.1. The molecule has 0 N–H and O–H groups in total. The quantitative estimate of drug-likeness (QED) is 0.185. The topological polar surface area (TPSA) is 3.24 Å². The van der Waals surface area contributed by atoms with Gasteiger partial charge in [-0.25, -0.2) is 0 Å². The lowest BCUT2D eigenvalue weighted by atomic mass is 9.82. The van der Waals surface area contributed by atoms with E-state index in [1.54, 1.807) is 0 Å². The Balaban J connectivity index is 1.27. The van der Waals surface area contributed by atoms with Gasteiger partial charge < -0.3 is 4.90 Å². The van der Waals surface area contributed by atoms with Gasteiger partial charge >= 0.3 is 0 Å². The molecule has 0 aliphatic heterocycles. The first kappa shape index (κ1) is 27.8. The molecule has 1 aromatic heterocycles. The van der Waals surface area contributed by atoms with Gasteiger partial charge in [-0.2, -0.15) is 0 Å². The van der Waals surface area contributed by atoms with Gasteiger partial charge in [-0.1, -0.05) is 141 Å². The second-order valence-electron chi connectivity index (χ2n) is 12.9. The van der Waals surface area contributed by atoms with E-state index in [-0.39, 0.29) is 5.41 Å². The molecule has 9 rings (SSSR count). The SMILES string of the molecule is CC1(C)c2ccccc2-c2c(-c3ccccc3N(c3ccccc3)c3ccccc3-c3ccc4c(c3)sc3ccccc34)cccc21. The van der Waals surface area contributed by atoms with Crippen LogP contribution in [0.4, 0.5) is 17.1 Å². The molecule has 8 aromatic rings. The van der Waals surface area contributed by atoms with Crippen molar-refractivity contribution in [2.45, 2.75) is 19.3 Å². The van der Waals surface area contributed by atoms with E-state index in [0.29, 0.717) is 0 Å². The van der Waals surface area contributed by atoms with Crippen LogP contribution in [0.3, 0.4) is 0 Å². The maximum atomic E-state index is 2.45. The summed E-state index contributed by atoms with van der Waals surface area (Å²) in [5.41, 5.74) is 13.7. The van der Waals surface area contributed by atoms with Crippen molar-refractivity contribution in [1.82, 2.24) is 0 Å². The average molecular weight is 620 g/mol. The van der Waals surface area contributed by atoms with Crippen molar-refractivity contribution in [3.05, 3.63) is 175 Å². The Morgan fingerprint density at radius 2 is 1.04 bits per heavy atom. The fourth-order valence-corrected chi connectivity index (χ4v) is 8.81. The summed E-state index contributed by atoms with van der Waals surface area (Å²) in [5.74, 6) is 0. The van der Waals surface area contributed by atoms with Crippen molar-refractivity contribution >= 4 is 48.6 Å². The van der Waals surface area contributed by atoms with Gasteiger partial charge in [-0.05, 0) is 69.8 Å². The summed E-state index contributed by atoms with van der Waals surface area (Å²) in [6.45, 7) is 4.71. The minimum atomic E-state index is -0.0617. The molecule has 0 radical (unpaired) electrons. The highest BCUT2D eigenvalue weighted by Gasteiger charge is 2.37. The number of hydrogen-bond acceptors (Lipinski definition) is 2. The molecule has 0 unspecified atom stereocenters. The second-order valence-corrected chi connectivity index (χ2v) is 14.0. The summed E-state index contributed by atoms with van der Waals surface area (Å²) < 4.78 is 2.64. The van der Waals surface area contributed by atoms with E-state index in [1.807, 2.05) is 11.3 Å². The third-order valence-electron chi connectivity index (χ3n) is 9.89. The van der Waals surface area contributed by atoms with E-state index in [9.17, 15) is 0 Å². The summed E-state index contributed by atoms with van der Waals surface area (Å²) in [5, 5.41) is 2.64. The third-order valence-corrected chi connectivity index (χ3v) is 11.0. The first-order valence-corrected chi connectivity index (χ1v) is 17.1. The van der Waals surface area contributed by atoms with Crippen LogP contribution < -0.4 is 4.90 Å². The van der Waals surface area contributed by atoms with E-state index in [4.69, 9.17) is 0 Å². The zero-order valence-corrected chi connectivity index (χ0v) is 27.3. The molecule has 0 amide bonds. The van der Waals surface area contributed by atoms with Gasteiger partial charge in [0.2, 0.25) is 0 Å². The molecule has 47 heavy (non-hydrogen) atoms. The van der Waals surface area contributed by atoms with Crippen LogP contribution in [0.2, 0.25) is 0 Å². The van der Waals surface area contributed by atoms with Crippen LogP contribution in [0.15, 0.2) is 164 Å². The van der Waals surface area contributed by atoms with Crippen molar-refractivity contribution in [3.8, 4) is 33.4 Å². The Morgan fingerprint density at radius 3 is 1.87 bits per heavy atom. The number of fused-ring (bicyclic) bond motifs is 6. The van der Waals surface area contributed by atoms with Crippen molar-refractivity contribution in [2.75, 3.05) is 4.90 Å². The first-order valence-electron chi connectivity index (χ1n) is 16.3. The number of hydrogen-bond donors (Lipinski definition) is 0. The molecule has 7 aromatic carbocycles. The lowest BCUT2D eigenvalue weighted by molar-refractivity contribution is 0.660. The predicted octanol–water partition coefficient (Wildman–Crippen LogP) is 13.2. The van der Waals surface area contributed by atoms with Crippen molar-refractivity contribution < 1.29 is 0 Å². The second kappa shape index (κ2) is 10.8. The van der Waals surface area contributed by atoms with E-state index < -0.39 is 0 Å². The monoisotopic (exact) mass is 619 g/mol. The Bertz CT molecular complexity index is 2450. The summed E-state index contributed by atoms with van der Waals surface area (Å²) in [6, 6.07) is 60.0. The minimum absolute atomic E-state index is 0.0617. The van der Waals surface area contributed by atoms with Crippen LogP contribution in [0.1, 0.15) is 25.0 Å². The Labute approximate surface area is 280 Å². The summed E-state index contributed by atoms with van der Waals surface area (Å²) >= 11 is 1.87. The molecule has 0 bridgehead atoms. The van der Waals surface area contributed by atoms with E-state index >= 15 is 0 Å². The molecule has 1 aliphatic rings. The first-order chi connectivity index (χ1) is 23.1. The molecule has 1 nitrogen and oxygen atoms in total. The Hall–Kier alpha value is -5.44. The lowest BCUT2D eigenvalue weighted by Crippen LogP contribution is -2.15. The van der Waals surface area contributed by atoms with Gasteiger partial charge in [-0.3, -0.25) is 0 Å². The highest BCUT2D eigenvalue weighted by Crippen LogP contribution is 2.54. The number of nitrogens with zero attached hydrogens (tertiary/aromatic N) is 1. The summed E-state index contributed by atoms with van der Waals surface area (Å²) in [6.07, 6.45) is 0. The molecule has 0 saturated heterocycles. The van der Waals surface area contributed by atoms with Gasteiger partial charge in [0.25, 0.3) is 0 Å². The minimum Gasteiger partial charge on any atom is -0.309 e. The van der Waals surface area contributed by atoms with E-state index in [0.717, 1.165) is 17.1 Å². The molecule has 224 valence electrons. The highest BCUT2D eigenvalue weighted by molar-refractivity contribution is 7.25. The number of benzene rings is 7. The Morgan fingerprint density at radius 1 is 0.447 bits per heavy atom. The molecular weight excluding hydrogens is 587 g/mol. The Kier molecular flexibility index (Phi) is 6.41. The van der Waals surface area contributed by atoms with Crippen LogP contribution in [0.5, 0.6) is 0 Å². The van der Waals surface area contributed by atoms with Crippen molar-refractivity contribution in [1.29, 1.82) is 0 Å². The van der Waals surface area contributed by atoms with Crippen molar-refractivity contribution in [2.24, 2.45) is 0 Å². The van der Waals surface area contributed by atoms with Crippen molar-refractivity contribution in [3.63, 3.8) is 0 Å². The van der Waals surface area contributed by atoms with Gasteiger partial charge in [-0.15, -0.1) is 11.3 Å². The molecule has 0 fully saturated rings. The normalized spacial score (nSPS) is 13.1.